The number of halogens is 3. The van der Waals surface area contributed by atoms with Gasteiger partial charge >= 0.3 is 0 Å². The van der Waals surface area contributed by atoms with E-state index in [1.54, 1.807) is 24.3 Å². The van der Waals surface area contributed by atoms with Gasteiger partial charge in [0, 0.05) is 22.5 Å². The summed E-state index contributed by atoms with van der Waals surface area (Å²) >= 11 is 11.6. The van der Waals surface area contributed by atoms with Gasteiger partial charge in [-0.05, 0) is 35.9 Å². The molecule has 19 heavy (non-hydrogen) atoms. The van der Waals surface area contributed by atoms with Crippen molar-refractivity contribution >= 4 is 34.2 Å². The predicted octanol–water partition coefficient (Wildman–Crippen LogP) is 5.67. The minimum atomic E-state index is -0.429. The molecule has 0 spiro atoms. The number of hydrogen-bond donors (Lipinski definition) is 0. The van der Waals surface area contributed by atoms with Crippen LogP contribution in [0.15, 0.2) is 46.9 Å². The van der Waals surface area contributed by atoms with Crippen molar-refractivity contribution in [3.05, 3.63) is 58.5 Å². The van der Waals surface area contributed by atoms with Crippen LogP contribution >= 0.6 is 23.2 Å². The third-order valence-electron chi connectivity index (χ3n) is 2.54. The highest BCUT2D eigenvalue weighted by molar-refractivity contribution is 6.30. The van der Waals surface area contributed by atoms with Gasteiger partial charge in [-0.15, -0.1) is 0 Å². The minimum Gasteiger partial charge on any atom is -0.453 e. The van der Waals surface area contributed by atoms with Gasteiger partial charge in [-0.25, -0.2) is 4.39 Å². The normalized spacial score (nSPS) is 10.9. The summed E-state index contributed by atoms with van der Waals surface area (Å²) in [4.78, 5) is 0. The van der Waals surface area contributed by atoms with E-state index in [1.165, 1.54) is 18.2 Å². The Bertz CT molecular complexity index is 752. The molecule has 1 heterocycles. The molecule has 0 amide bonds. The van der Waals surface area contributed by atoms with Crippen LogP contribution in [-0.2, 0) is 0 Å². The predicted molar refractivity (Wildman–Crippen MR) is 72.7 cm³/mol. The van der Waals surface area contributed by atoms with Crippen LogP contribution in [0.5, 0.6) is 11.5 Å². The molecule has 0 saturated carbocycles. The molecule has 0 aliphatic heterocycles. The summed E-state index contributed by atoms with van der Waals surface area (Å²) in [7, 11) is 0. The summed E-state index contributed by atoms with van der Waals surface area (Å²) in [6.45, 7) is 0. The summed E-state index contributed by atoms with van der Waals surface area (Å²) in [5, 5.41) is 1.25. The van der Waals surface area contributed by atoms with Crippen molar-refractivity contribution in [3.8, 4) is 11.5 Å². The van der Waals surface area contributed by atoms with Crippen LogP contribution in [0.25, 0.3) is 11.0 Å². The molecule has 0 atom stereocenters. The van der Waals surface area contributed by atoms with Crippen LogP contribution in [0.3, 0.4) is 0 Å². The van der Waals surface area contributed by atoms with Crippen LogP contribution in [0, 0.1) is 5.82 Å². The molecule has 0 aliphatic carbocycles. The quantitative estimate of drug-likeness (QED) is 0.608. The molecule has 2 nitrogen and oxygen atoms in total. The molecule has 0 fully saturated rings. The number of hydrogen-bond acceptors (Lipinski definition) is 2. The Kier molecular flexibility index (Phi) is 3.09. The Labute approximate surface area is 118 Å². The molecule has 5 heteroatoms. The largest absolute Gasteiger partial charge is 0.453 e. The first kappa shape index (κ1) is 12.3. The Hall–Kier alpha value is -1.71. The molecule has 96 valence electrons. The maximum absolute atomic E-state index is 13.5. The minimum absolute atomic E-state index is 0.177. The van der Waals surface area contributed by atoms with Gasteiger partial charge in [-0.3, -0.25) is 0 Å². The van der Waals surface area contributed by atoms with Crippen molar-refractivity contribution in [1.82, 2.24) is 0 Å². The van der Waals surface area contributed by atoms with E-state index in [2.05, 4.69) is 0 Å². The molecular weight excluding hydrogens is 290 g/mol. The molecule has 0 radical (unpaired) electrons. The Morgan fingerprint density at radius 1 is 1.05 bits per heavy atom. The van der Waals surface area contributed by atoms with E-state index in [4.69, 9.17) is 32.4 Å². The zero-order valence-corrected chi connectivity index (χ0v) is 11.0. The number of ether oxygens (including phenoxy) is 1. The average molecular weight is 297 g/mol. The number of rotatable bonds is 2. The molecule has 0 unspecified atom stereocenters. The first-order valence-electron chi connectivity index (χ1n) is 5.44. The van der Waals surface area contributed by atoms with Gasteiger partial charge in [0.05, 0.1) is 0 Å². The van der Waals surface area contributed by atoms with Crippen LogP contribution < -0.4 is 4.74 Å². The van der Waals surface area contributed by atoms with Gasteiger partial charge in [0.25, 0.3) is 0 Å². The van der Waals surface area contributed by atoms with E-state index in [9.17, 15) is 4.39 Å². The summed E-state index contributed by atoms with van der Waals surface area (Å²) in [5.74, 6) is 0.318. The summed E-state index contributed by atoms with van der Waals surface area (Å²) < 4.78 is 24.4. The van der Waals surface area contributed by atoms with Gasteiger partial charge in [0.15, 0.2) is 16.6 Å². The fourth-order valence-corrected chi connectivity index (χ4v) is 2.16. The molecule has 3 aromatic rings. The van der Waals surface area contributed by atoms with E-state index in [0.29, 0.717) is 21.7 Å². The highest BCUT2D eigenvalue weighted by Gasteiger charge is 2.12. The molecule has 1 aromatic heterocycles. The van der Waals surface area contributed by atoms with Crippen molar-refractivity contribution < 1.29 is 13.5 Å². The lowest BCUT2D eigenvalue weighted by atomic mass is 10.2. The number of fused-ring (bicyclic) bond motifs is 1. The van der Waals surface area contributed by atoms with E-state index in [1.807, 2.05) is 0 Å². The second kappa shape index (κ2) is 4.76. The fraction of sp³-hybridized carbons (Fsp3) is 0. The highest BCUT2D eigenvalue weighted by Crippen LogP contribution is 2.35. The Morgan fingerprint density at radius 2 is 1.89 bits per heavy atom. The van der Waals surface area contributed by atoms with E-state index in [0.717, 1.165) is 0 Å². The smallest absolute Gasteiger partial charge is 0.194 e. The first-order chi connectivity index (χ1) is 9.11. The summed E-state index contributed by atoms with van der Waals surface area (Å²) in [5.41, 5.74) is 0.395. The lowest BCUT2D eigenvalue weighted by molar-refractivity contribution is 0.468. The van der Waals surface area contributed by atoms with Gasteiger partial charge in [0.1, 0.15) is 11.6 Å². The fourth-order valence-electron chi connectivity index (χ4n) is 1.79. The molecular formula is C14H7Cl2FO2. The summed E-state index contributed by atoms with van der Waals surface area (Å²) in [6, 6.07) is 10.9. The van der Waals surface area contributed by atoms with Crippen molar-refractivity contribution in [2.24, 2.45) is 0 Å². The van der Waals surface area contributed by atoms with Crippen molar-refractivity contribution in [2.75, 3.05) is 0 Å². The second-order valence-electron chi connectivity index (χ2n) is 3.93. The van der Waals surface area contributed by atoms with Crippen LogP contribution in [0.2, 0.25) is 10.2 Å². The first-order valence-corrected chi connectivity index (χ1v) is 6.19. The lowest BCUT2D eigenvalue weighted by Crippen LogP contribution is -1.86. The number of furan rings is 1. The van der Waals surface area contributed by atoms with Gasteiger partial charge in [-0.2, -0.15) is 0 Å². The van der Waals surface area contributed by atoms with Gasteiger partial charge in [0.2, 0.25) is 0 Å². The van der Waals surface area contributed by atoms with E-state index in [-0.39, 0.29) is 11.0 Å². The monoisotopic (exact) mass is 296 g/mol. The lowest BCUT2D eigenvalue weighted by Gasteiger charge is -2.06. The Morgan fingerprint density at radius 3 is 2.68 bits per heavy atom. The van der Waals surface area contributed by atoms with Crippen LogP contribution in [-0.4, -0.2) is 0 Å². The zero-order chi connectivity index (χ0) is 13.4. The molecule has 3 rings (SSSR count). The van der Waals surface area contributed by atoms with E-state index >= 15 is 0 Å². The zero-order valence-electron chi connectivity index (χ0n) is 9.49. The van der Waals surface area contributed by atoms with Crippen molar-refractivity contribution in [1.29, 1.82) is 0 Å². The number of benzene rings is 2. The maximum atomic E-state index is 13.5. The van der Waals surface area contributed by atoms with Crippen molar-refractivity contribution in [2.45, 2.75) is 0 Å². The molecule has 0 aliphatic rings. The van der Waals surface area contributed by atoms with Crippen molar-refractivity contribution in [3.63, 3.8) is 0 Å². The molecule has 0 bridgehead atoms. The molecule has 0 N–H and O–H groups in total. The third-order valence-corrected chi connectivity index (χ3v) is 2.96. The maximum Gasteiger partial charge on any atom is 0.194 e. The van der Waals surface area contributed by atoms with Gasteiger partial charge < -0.3 is 9.15 Å². The third kappa shape index (κ3) is 2.53. The topological polar surface area (TPSA) is 22.4 Å². The average Bonchev–Trinajstić information content (AvgIpc) is 2.69. The second-order valence-corrected chi connectivity index (χ2v) is 4.74. The SMILES string of the molecule is Fc1cc(Oc2cccc(Cl)c2)c2oc(Cl)cc2c1. The molecule has 0 saturated heterocycles. The standard InChI is InChI=1S/C14H7Cl2FO2/c15-9-2-1-3-11(6-9)18-12-7-10(17)4-8-5-13(16)19-14(8)12/h1-7H. The van der Waals surface area contributed by atoms with Crippen LogP contribution in [0.1, 0.15) is 0 Å². The molecule has 2 aromatic carbocycles. The van der Waals surface area contributed by atoms with Crippen LogP contribution in [0.4, 0.5) is 4.39 Å². The van der Waals surface area contributed by atoms with Gasteiger partial charge in [-0.1, -0.05) is 17.7 Å². The highest BCUT2D eigenvalue weighted by atomic mass is 35.5. The Balaban J connectivity index is 2.09. The van der Waals surface area contributed by atoms with E-state index < -0.39 is 5.82 Å². The summed E-state index contributed by atoms with van der Waals surface area (Å²) in [6.07, 6.45) is 0.